The van der Waals surface area contributed by atoms with Crippen molar-refractivity contribution >= 4 is 6.21 Å². The van der Waals surface area contributed by atoms with Crippen LogP contribution in [0.1, 0.15) is 31.4 Å². The van der Waals surface area contributed by atoms with Crippen molar-refractivity contribution in [2.75, 3.05) is 27.4 Å². The Kier molecular flexibility index (Phi) is 5.62. The monoisotopic (exact) mass is 291 g/mol. The number of benzene rings is 1. The highest BCUT2D eigenvalue weighted by atomic mass is 16.5. The van der Waals surface area contributed by atoms with Gasteiger partial charge in [-0.25, -0.2) is 0 Å². The number of rotatable bonds is 7. The van der Waals surface area contributed by atoms with Crippen LogP contribution in [0.4, 0.5) is 0 Å². The Balaban J connectivity index is 2.15. The number of hydrogen-bond donors (Lipinski definition) is 0. The lowest BCUT2D eigenvalue weighted by Crippen LogP contribution is -2.21. The van der Waals surface area contributed by atoms with Crippen LogP contribution in [0.3, 0.4) is 0 Å². The van der Waals surface area contributed by atoms with E-state index in [4.69, 9.17) is 14.2 Å². The highest BCUT2D eigenvalue weighted by Gasteiger charge is 2.20. The van der Waals surface area contributed by atoms with E-state index >= 15 is 0 Å². The van der Waals surface area contributed by atoms with Crippen LogP contribution in [-0.4, -0.2) is 39.7 Å². The summed E-state index contributed by atoms with van der Waals surface area (Å²) in [6, 6.07) is 4.47. The molecule has 0 aliphatic carbocycles. The second-order valence-electron chi connectivity index (χ2n) is 5.69. The molecule has 0 radical (unpaired) electrons. The average Bonchev–Trinajstić information content (AvgIpc) is 2.50. The number of hydrogen-bond acceptors (Lipinski definition) is 4. The summed E-state index contributed by atoms with van der Waals surface area (Å²) in [6.45, 7) is 5.75. The van der Waals surface area contributed by atoms with Gasteiger partial charge < -0.3 is 14.2 Å². The molecule has 21 heavy (non-hydrogen) atoms. The Morgan fingerprint density at radius 3 is 2.67 bits per heavy atom. The molecule has 4 nitrogen and oxygen atoms in total. The maximum absolute atomic E-state index is 5.84. The molecule has 1 heterocycles. The summed E-state index contributed by atoms with van der Waals surface area (Å²) >= 11 is 0. The molecular formula is C17H25NO3. The molecule has 1 atom stereocenters. The summed E-state index contributed by atoms with van der Waals surface area (Å²) in [5, 5.41) is 0. The van der Waals surface area contributed by atoms with E-state index in [1.807, 2.05) is 12.3 Å². The summed E-state index contributed by atoms with van der Waals surface area (Å²) in [5.41, 5.74) is 2.42. The number of fused-ring (bicyclic) bond motifs is 1. The van der Waals surface area contributed by atoms with Crippen LogP contribution in [0.5, 0.6) is 11.5 Å². The third-order valence-electron chi connectivity index (χ3n) is 3.78. The Hall–Kier alpha value is -1.55. The molecule has 0 unspecified atom stereocenters. The fourth-order valence-electron chi connectivity index (χ4n) is 2.43. The van der Waals surface area contributed by atoms with Gasteiger partial charge in [0.25, 0.3) is 0 Å². The molecule has 4 heteroatoms. The second-order valence-corrected chi connectivity index (χ2v) is 5.69. The standard InChI is InChI=1S/C17H25NO3/c1-12(2)15-8-13-9-17(21-7-5-6-19-3)16(20-4)10-14(13)11-18-15/h9-12,15H,5-8H2,1-4H3/t15-/m1/s1. The van der Waals surface area contributed by atoms with E-state index in [-0.39, 0.29) is 0 Å². The largest absolute Gasteiger partial charge is 0.493 e. The summed E-state index contributed by atoms with van der Waals surface area (Å²) < 4.78 is 16.3. The average molecular weight is 291 g/mol. The number of nitrogens with zero attached hydrogens (tertiary/aromatic N) is 1. The molecule has 0 N–H and O–H groups in total. The van der Waals surface area contributed by atoms with Gasteiger partial charge in [0, 0.05) is 26.4 Å². The zero-order valence-corrected chi connectivity index (χ0v) is 13.4. The smallest absolute Gasteiger partial charge is 0.161 e. The molecule has 0 aromatic heterocycles. The van der Waals surface area contributed by atoms with Gasteiger partial charge in [-0.05, 0) is 35.6 Å². The van der Waals surface area contributed by atoms with E-state index in [0.717, 1.165) is 29.9 Å². The lowest BCUT2D eigenvalue weighted by molar-refractivity contribution is 0.170. The van der Waals surface area contributed by atoms with Gasteiger partial charge >= 0.3 is 0 Å². The summed E-state index contributed by atoms with van der Waals surface area (Å²) in [4.78, 5) is 4.62. The SMILES string of the molecule is COCCCOc1cc2c(cc1OC)C=N[C@@H](C(C)C)C2. The molecule has 1 aromatic carbocycles. The van der Waals surface area contributed by atoms with Crippen LogP contribution in [0.15, 0.2) is 17.1 Å². The third-order valence-corrected chi connectivity index (χ3v) is 3.78. The minimum absolute atomic E-state index is 0.354. The molecule has 0 saturated carbocycles. The minimum Gasteiger partial charge on any atom is -0.493 e. The highest BCUT2D eigenvalue weighted by Crippen LogP contribution is 2.33. The maximum atomic E-state index is 5.84. The van der Waals surface area contributed by atoms with Crippen molar-refractivity contribution in [3.8, 4) is 11.5 Å². The second kappa shape index (κ2) is 7.46. The van der Waals surface area contributed by atoms with Crippen molar-refractivity contribution < 1.29 is 14.2 Å². The maximum Gasteiger partial charge on any atom is 0.161 e. The number of aliphatic imine (C=N–C) groups is 1. The zero-order chi connectivity index (χ0) is 15.2. The zero-order valence-electron chi connectivity index (χ0n) is 13.4. The lowest BCUT2D eigenvalue weighted by atomic mass is 9.91. The van der Waals surface area contributed by atoms with Gasteiger partial charge in [0.15, 0.2) is 11.5 Å². The van der Waals surface area contributed by atoms with Crippen molar-refractivity contribution in [2.24, 2.45) is 10.9 Å². The molecule has 0 spiro atoms. The highest BCUT2D eigenvalue weighted by molar-refractivity contribution is 5.84. The molecule has 2 rings (SSSR count). The minimum atomic E-state index is 0.354. The van der Waals surface area contributed by atoms with Crippen molar-refractivity contribution in [1.29, 1.82) is 0 Å². The first kappa shape index (κ1) is 15.8. The van der Waals surface area contributed by atoms with Crippen LogP contribution in [0, 0.1) is 5.92 Å². The van der Waals surface area contributed by atoms with Gasteiger partial charge in [0.1, 0.15) is 0 Å². The molecule has 116 valence electrons. The molecule has 0 amide bonds. The molecule has 1 aliphatic heterocycles. The fourth-order valence-corrected chi connectivity index (χ4v) is 2.43. The molecule has 0 saturated heterocycles. The van der Waals surface area contributed by atoms with Gasteiger partial charge in [-0.1, -0.05) is 13.8 Å². The molecule has 0 bridgehead atoms. The molecular weight excluding hydrogens is 266 g/mol. The van der Waals surface area contributed by atoms with Crippen LogP contribution in [-0.2, 0) is 11.2 Å². The van der Waals surface area contributed by atoms with E-state index in [1.54, 1.807) is 14.2 Å². The Bertz CT molecular complexity index is 497. The number of ether oxygens (including phenoxy) is 3. The normalized spacial score (nSPS) is 16.9. The van der Waals surface area contributed by atoms with E-state index in [1.165, 1.54) is 5.56 Å². The number of methoxy groups -OCH3 is 2. The topological polar surface area (TPSA) is 40.0 Å². The summed E-state index contributed by atoms with van der Waals surface area (Å²) in [7, 11) is 3.37. The van der Waals surface area contributed by atoms with E-state index in [0.29, 0.717) is 25.2 Å². The quantitative estimate of drug-likeness (QED) is 0.725. The summed E-state index contributed by atoms with van der Waals surface area (Å²) in [5.74, 6) is 2.12. The third kappa shape index (κ3) is 3.97. The van der Waals surface area contributed by atoms with Gasteiger partial charge in [0.05, 0.1) is 19.8 Å². The van der Waals surface area contributed by atoms with Gasteiger partial charge in [0.2, 0.25) is 0 Å². The van der Waals surface area contributed by atoms with Crippen molar-refractivity contribution in [2.45, 2.75) is 32.7 Å². The predicted molar refractivity (Wildman–Crippen MR) is 84.9 cm³/mol. The van der Waals surface area contributed by atoms with Gasteiger partial charge in [-0.15, -0.1) is 0 Å². The first-order valence-corrected chi connectivity index (χ1v) is 7.51. The first-order chi connectivity index (χ1) is 10.2. The van der Waals surface area contributed by atoms with E-state index in [9.17, 15) is 0 Å². The van der Waals surface area contributed by atoms with Gasteiger partial charge in [-0.2, -0.15) is 0 Å². The Morgan fingerprint density at radius 2 is 2.00 bits per heavy atom. The van der Waals surface area contributed by atoms with Crippen LogP contribution in [0.25, 0.3) is 0 Å². The summed E-state index contributed by atoms with van der Waals surface area (Å²) in [6.07, 6.45) is 3.79. The predicted octanol–water partition coefficient (Wildman–Crippen LogP) is 3.11. The Morgan fingerprint density at radius 1 is 1.19 bits per heavy atom. The van der Waals surface area contributed by atoms with Crippen LogP contribution >= 0.6 is 0 Å². The molecule has 1 aliphatic rings. The van der Waals surface area contributed by atoms with Crippen molar-refractivity contribution in [3.05, 3.63) is 23.3 Å². The van der Waals surface area contributed by atoms with Gasteiger partial charge in [-0.3, -0.25) is 4.99 Å². The fraction of sp³-hybridized carbons (Fsp3) is 0.588. The van der Waals surface area contributed by atoms with E-state index < -0.39 is 0 Å². The lowest BCUT2D eigenvalue weighted by Gasteiger charge is -2.23. The molecule has 1 aromatic rings. The van der Waals surface area contributed by atoms with E-state index in [2.05, 4.69) is 24.9 Å². The van der Waals surface area contributed by atoms with Crippen LogP contribution in [0.2, 0.25) is 0 Å². The molecule has 0 fully saturated rings. The van der Waals surface area contributed by atoms with Crippen molar-refractivity contribution in [3.63, 3.8) is 0 Å². The Labute approximate surface area is 127 Å². The first-order valence-electron chi connectivity index (χ1n) is 7.51. The van der Waals surface area contributed by atoms with Crippen molar-refractivity contribution in [1.82, 2.24) is 0 Å². The van der Waals surface area contributed by atoms with Crippen LogP contribution < -0.4 is 9.47 Å².